The third-order valence-electron chi connectivity index (χ3n) is 9.24. The van der Waals surface area contributed by atoms with Crippen LogP contribution in [0.15, 0.2) is 73.1 Å². The number of methoxy groups -OCH3 is 1. The molecule has 2 aromatic heterocycles. The van der Waals surface area contributed by atoms with Gasteiger partial charge in [0.25, 0.3) is 17.7 Å². The number of esters is 1. The molecule has 0 aliphatic carbocycles. The molecule has 0 bridgehead atoms. The monoisotopic (exact) mass is 861 g/mol. The highest BCUT2D eigenvalue weighted by Crippen LogP contribution is 2.14. The van der Waals surface area contributed by atoms with Crippen LogP contribution in [0.5, 0.6) is 0 Å². The zero-order valence-corrected chi connectivity index (χ0v) is 37.1. The number of aromatic nitrogens is 6. The van der Waals surface area contributed by atoms with Crippen molar-refractivity contribution in [3.63, 3.8) is 0 Å². The van der Waals surface area contributed by atoms with Crippen molar-refractivity contribution in [2.75, 3.05) is 62.5 Å². The Morgan fingerprint density at radius 1 is 0.613 bits per heavy atom. The van der Waals surface area contributed by atoms with Gasteiger partial charge in [0.2, 0.25) is 0 Å². The summed E-state index contributed by atoms with van der Waals surface area (Å²) in [5.41, 5.74) is 4.45. The molecule has 2 heterocycles. The first-order chi connectivity index (χ1) is 29.4. The first-order valence-corrected chi connectivity index (χ1v) is 20.7. The van der Waals surface area contributed by atoms with Crippen molar-refractivity contribution in [1.29, 1.82) is 0 Å². The molecule has 4 rings (SSSR count). The minimum absolute atomic E-state index is 0.0667. The maximum atomic E-state index is 12.4. The Bertz CT molecular complexity index is 1890. The Kier molecular flexibility index (Phi) is 20.2. The molecule has 0 aliphatic heterocycles. The van der Waals surface area contributed by atoms with Gasteiger partial charge in [-0.3, -0.25) is 29.4 Å². The lowest BCUT2D eigenvalue weighted by molar-refractivity contribution is -0.862. The van der Waals surface area contributed by atoms with Crippen molar-refractivity contribution in [2.24, 2.45) is 5.84 Å². The van der Waals surface area contributed by atoms with Crippen LogP contribution >= 0.6 is 0 Å². The van der Waals surface area contributed by atoms with Gasteiger partial charge in [0, 0.05) is 12.8 Å². The maximum absolute atomic E-state index is 12.4. The second-order valence-corrected chi connectivity index (χ2v) is 17.0. The lowest BCUT2D eigenvalue weighted by Crippen LogP contribution is -2.52. The number of ether oxygens (including phenoxy) is 1. The molecular formula is C43H64N12O7+2. The van der Waals surface area contributed by atoms with Gasteiger partial charge in [0.05, 0.1) is 73.2 Å². The number of nitrogens with two attached hydrogens (primary N) is 1. The molecule has 0 fully saturated rings. The van der Waals surface area contributed by atoms with E-state index in [9.17, 15) is 28.8 Å². The fraction of sp³-hybridized carbons (Fsp3) is 0.488. The standard InChI is InChI=1S/C22H31N5O4.C21H31N7O3/c1-27(2,3)16-21(29)23-18(22(30)31-4)13-9-6-10-14-20(28)19-15-26(25-24-19)17-11-7-5-8-12-17;1-28(2,3)15-20(30)23-17(21(31)24-22)12-8-5-9-13-19(29)18-14-27(26-25-18)16-10-6-4-7-11-16/h5,7-8,11-12,15,18H,6,9-10,13-14,16H2,1-4H3;4,6-7,10-11,14,17H,5,8-9,12-13,15H2,1-3H3,(H3-,22,23,24,25,26,30,31)/p+2/t18-;17-/m00/s1. The molecule has 0 saturated heterocycles. The molecule has 2 atom stereocenters. The molecule has 4 aromatic rings. The molecule has 3 amide bonds. The van der Waals surface area contributed by atoms with Crippen molar-refractivity contribution in [3.8, 4) is 11.4 Å². The Morgan fingerprint density at radius 3 is 1.40 bits per heavy atom. The Hall–Kier alpha value is -6.18. The molecule has 2 aromatic carbocycles. The van der Waals surface area contributed by atoms with E-state index in [4.69, 9.17) is 10.6 Å². The summed E-state index contributed by atoms with van der Waals surface area (Å²) in [7, 11) is 12.7. The molecular weight excluding hydrogens is 797 g/mol. The van der Waals surface area contributed by atoms with E-state index in [1.54, 1.807) is 21.8 Å². The largest absolute Gasteiger partial charge is 0.467 e. The molecule has 336 valence electrons. The number of nitrogens with zero attached hydrogens (tertiary/aromatic N) is 8. The number of carbonyl (C=O) groups excluding carboxylic acids is 6. The van der Waals surface area contributed by atoms with Crippen LogP contribution in [0, 0.1) is 0 Å². The van der Waals surface area contributed by atoms with E-state index in [2.05, 4.69) is 36.7 Å². The topological polar surface area (TPSA) is 235 Å². The number of unbranched alkanes of at least 4 members (excludes halogenated alkanes) is 4. The number of carbonyl (C=O) groups is 6. The van der Waals surface area contributed by atoms with E-state index in [-0.39, 0.29) is 36.5 Å². The number of quaternary nitrogens is 2. The summed E-state index contributed by atoms with van der Waals surface area (Å²) in [5, 5.41) is 21.4. The number of amides is 3. The third-order valence-corrected chi connectivity index (χ3v) is 9.24. The number of hydrogen-bond donors (Lipinski definition) is 4. The molecule has 0 saturated carbocycles. The number of rotatable bonds is 24. The van der Waals surface area contributed by atoms with Gasteiger partial charge in [-0.25, -0.2) is 20.0 Å². The quantitative estimate of drug-likeness (QED) is 0.0151. The third kappa shape index (κ3) is 18.6. The number of ketones is 2. The number of Topliss-reactive ketones (excluding diaryl/α,β-unsaturated/α-hetero) is 2. The summed E-state index contributed by atoms with van der Waals surface area (Å²) in [6, 6.07) is 17.6. The molecule has 0 unspecified atom stereocenters. The summed E-state index contributed by atoms with van der Waals surface area (Å²) < 4.78 is 8.88. The summed E-state index contributed by atoms with van der Waals surface area (Å²) in [6.45, 7) is 0.526. The van der Waals surface area contributed by atoms with Gasteiger partial charge < -0.3 is 24.3 Å². The van der Waals surface area contributed by atoms with Crippen LogP contribution < -0.4 is 21.9 Å². The van der Waals surface area contributed by atoms with Crippen molar-refractivity contribution in [3.05, 3.63) is 84.4 Å². The van der Waals surface area contributed by atoms with Gasteiger partial charge >= 0.3 is 5.97 Å². The normalized spacial score (nSPS) is 12.3. The molecule has 5 N–H and O–H groups in total. The van der Waals surface area contributed by atoms with Crippen LogP contribution in [0.4, 0.5) is 0 Å². The van der Waals surface area contributed by atoms with Crippen LogP contribution in [0.2, 0.25) is 0 Å². The molecule has 0 aliphatic rings. The van der Waals surface area contributed by atoms with E-state index in [0.29, 0.717) is 71.7 Å². The summed E-state index contributed by atoms with van der Waals surface area (Å²) in [4.78, 5) is 72.9. The average molecular weight is 861 g/mol. The van der Waals surface area contributed by atoms with Crippen molar-refractivity contribution >= 4 is 35.3 Å². The molecule has 0 radical (unpaired) electrons. The molecule has 0 spiro atoms. The van der Waals surface area contributed by atoms with Gasteiger partial charge in [-0.1, -0.05) is 72.5 Å². The zero-order valence-electron chi connectivity index (χ0n) is 37.1. The first-order valence-electron chi connectivity index (χ1n) is 20.7. The van der Waals surface area contributed by atoms with Gasteiger partial charge in [0.15, 0.2) is 24.7 Å². The highest BCUT2D eigenvalue weighted by Gasteiger charge is 2.25. The van der Waals surface area contributed by atoms with Gasteiger partial charge in [-0.2, -0.15) is 0 Å². The highest BCUT2D eigenvalue weighted by molar-refractivity contribution is 5.94. The van der Waals surface area contributed by atoms with Crippen molar-refractivity contribution in [1.82, 2.24) is 46.0 Å². The summed E-state index contributed by atoms with van der Waals surface area (Å²) in [6.07, 6.45) is 9.03. The minimum atomic E-state index is -0.689. The van der Waals surface area contributed by atoms with Crippen LogP contribution in [-0.4, -0.2) is 149 Å². The van der Waals surface area contributed by atoms with Crippen LogP contribution in [0.25, 0.3) is 11.4 Å². The second-order valence-electron chi connectivity index (χ2n) is 17.0. The fourth-order valence-electron chi connectivity index (χ4n) is 6.18. The lowest BCUT2D eigenvalue weighted by atomic mass is 10.0. The van der Waals surface area contributed by atoms with E-state index in [0.717, 1.165) is 24.2 Å². The fourth-order valence-corrected chi connectivity index (χ4v) is 6.18. The van der Waals surface area contributed by atoms with Gasteiger partial charge in [0.1, 0.15) is 23.5 Å². The Balaban J connectivity index is 0.000000330. The van der Waals surface area contributed by atoms with Crippen molar-refractivity contribution < 1.29 is 42.5 Å². The second kappa shape index (κ2) is 24.9. The number of nitrogens with one attached hydrogen (secondary N) is 3. The van der Waals surface area contributed by atoms with E-state index < -0.39 is 24.0 Å². The SMILES string of the molecule is COC(=O)[C@H](CCCCCC(=O)c1cn(-c2ccccc2)nn1)NC(=O)C[N+](C)(C)C.C[N+](C)(C)CC(=O)N[C@@H](CCCCCC(=O)c1cn(-c2ccccc2)nn1)C(=O)NN. The molecule has 62 heavy (non-hydrogen) atoms. The van der Waals surface area contributed by atoms with E-state index in [1.165, 1.54) is 7.11 Å². The minimum Gasteiger partial charge on any atom is -0.467 e. The average Bonchev–Trinajstić information content (AvgIpc) is 3.93. The predicted octanol–water partition coefficient (Wildman–Crippen LogP) is 2.35. The summed E-state index contributed by atoms with van der Waals surface area (Å²) in [5.74, 6) is 3.81. The maximum Gasteiger partial charge on any atom is 0.328 e. The number of hydrazine groups is 1. The van der Waals surface area contributed by atoms with E-state index in [1.807, 2.05) is 103 Å². The van der Waals surface area contributed by atoms with Crippen LogP contribution in [-0.2, 0) is 23.9 Å². The Labute approximate surface area is 363 Å². The number of likely N-dealkylation sites (N-methyl/N-ethyl adjacent to an activating group) is 2. The van der Waals surface area contributed by atoms with Crippen LogP contribution in [0.3, 0.4) is 0 Å². The lowest BCUT2D eigenvalue weighted by Gasteiger charge is -2.24. The number of para-hydroxylation sites is 2. The smallest absolute Gasteiger partial charge is 0.328 e. The van der Waals surface area contributed by atoms with Gasteiger partial charge in [-0.05, 0) is 49.9 Å². The highest BCUT2D eigenvalue weighted by atomic mass is 16.5. The Morgan fingerprint density at radius 2 is 1.02 bits per heavy atom. The first kappa shape index (κ1) is 50.2. The molecule has 19 nitrogen and oxygen atoms in total. The molecule has 19 heteroatoms. The number of benzene rings is 2. The van der Waals surface area contributed by atoms with E-state index >= 15 is 0 Å². The van der Waals surface area contributed by atoms with Gasteiger partial charge in [-0.15, -0.1) is 10.2 Å². The zero-order chi connectivity index (χ0) is 45.7. The number of hydrogen-bond acceptors (Lipinski definition) is 12. The van der Waals surface area contributed by atoms with Crippen LogP contribution in [0.1, 0.15) is 85.2 Å². The summed E-state index contributed by atoms with van der Waals surface area (Å²) >= 11 is 0. The van der Waals surface area contributed by atoms with Crippen molar-refractivity contribution in [2.45, 2.75) is 76.3 Å². The predicted molar refractivity (Wildman–Crippen MR) is 232 cm³/mol.